The second-order valence-corrected chi connectivity index (χ2v) is 6.29. The summed E-state index contributed by atoms with van der Waals surface area (Å²) >= 11 is 3.93. The number of rotatable bonds is 0. The van der Waals surface area contributed by atoms with Crippen LogP contribution in [0.15, 0.2) is 0 Å². The van der Waals surface area contributed by atoms with E-state index in [2.05, 4.69) is 18.4 Å². The summed E-state index contributed by atoms with van der Waals surface area (Å²) < 4.78 is 4.08. The lowest BCUT2D eigenvalue weighted by Gasteiger charge is -2.07. The van der Waals surface area contributed by atoms with Gasteiger partial charge in [-0.3, -0.25) is 0 Å². The Bertz CT molecular complexity index is 329. The van der Waals surface area contributed by atoms with Crippen LogP contribution in [0, 0.1) is 13.8 Å². The second kappa shape index (κ2) is 3.93. The van der Waals surface area contributed by atoms with Gasteiger partial charge in [0.15, 0.2) is 0 Å². The van der Waals surface area contributed by atoms with E-state index < -0.39 is 0 Å². The van der Waals surface area contributed by atoms with E-state index in [0.29, 0.717) is 0 Å². The van der Waals surface area contributed by atoms with Crippen LogP contribution in [0.3, 0.4) is 0 Å². The fraction of sp³-hybridized carbons (Fsp3) is 0.700. The monoisotopic (exact) mass is 214 g/mol. The summed E-state index contributed by atoms with van der Waals surface area (Å²) in [6.45, 7) is 7.00. The molecule has 1 fully saturated rings. The summed E-state index contributed by atoms with van der Waals surface area (Å²) in [7, 11) is 0. The van der Waals surface area contributed by atoms with Gasteiger partial charge in [-0.1, -0.05) is 22.7 Å². The molecule has 0 saturated carbocycles. The van der Waals surface area contributed by atoms with Crippen molar-refractivity contribution in [3.8, 4) is 0 Å². The molecule has 0 radical (unpaired) electrons. The first-order valence-electron chi connectivity index (χ1n) is 4.92. The molecule has 0 atom stereocenters. The van der Waals surface area contributed by atoms with Gasteiger partial charge < -0.3 is 0 Å². The first-order chi connectivity index (χ1) is 6.27. The molecule has 13 heavy (non-hydrogen) atoms. The summed E-state index contributed by atoms with van der Waals surface area (Å²) in [5.41, 5.74) is 0. The highest BCUT2D eigenvalue weighted by Crippen LogP contribution is 2.14. The van der Waals surface area contributed by atoms with Crippen LogP contribution in [-0.2, 0) is 0 Å². The minimum absolute atomic E-state index is 1.27. The van der Waals surface area contributed by atoms with Gasteiger partial charge in [-0.2, -0.15) is 0 Å². The van der Waals surface area contributed by atoms with E-state index in [4.69, 9.17) is 0 Å². The van der Waals surface area contributed by atoms with E-state index in [-0.39, 0.29) is 0 Å². The molecule has 2 heterocycles. The van der Waals surface area contributed by atoms with Crippen molar-refractivity contribution in [2.75, 3.05) is 13.1 Å². The average molecular weight is 214 g/mol. The van der Waals surface area contributed by atoms with Gasteiger partial charge in [0.1, 0.15) is 13.1 Å². The second-order valence-electron chi connectivity index (χ2n) is 3.63. The minimum Gasteiger partial charge on any atom is -0.212 e. The maximum absolute atomic E-state index is 2.55. The zero-order valence-electron chi connectivity index (χ0n) is 8.30. The van der Waals surface area contributed by atoms with Crippen LogP contribution < -0.4 is 8.56 Å². The third-order valence-corrected chi connectivity index (χ3v) is 5.31. The average Bonchev–Trinajstić information content (AvgIpc) is 2.49. The van der Waals surface area contributed by atoms with E-state index >= 15 is 0 Å². The van der Waals surface area contributed by atoms with Crippen molar-refractivity contribution >= 4 is 22.7 Å². The van der Waals surface area contributed by atoms with Crippen molar-refractivity contribution in [3.05, 3.63) is 13.7 Å². The number of nitrogens with zero attached hydrogens (tertiary/aromatic N) is 1. The largest absolute Gasteiger partial charge is 0.314 e. The highest BCUT2D eigenvalue weighted by molar-refractivity contribution is 7.27. The SMILES string of the molecule is Cc1sc(=[N+]2CCCCC2)sc1C. The lowest BCUT2D eigenvalue weighted by Crippen LogP contribution is -2.31. The molecular weight excluding hydrogens is 198 g/mol. The number of hydrogen-bond acceptors (Lipinski definition) is 2. The fourth-order valence-corrected chi connectivity index (χ4v) is 4.23. The zero-order chi connectivity index (χ0) is 9.26. The van der Waals surface area contributed by atoms with Crippen LogP contribution in [0.1, 0.15) is 29.0 Å². The van der Waals surface area contributed by atoms with Crippen LogP contribution in [0.4, 0.5) is 0 Å². The molecule has 1 aliphatic heterocycles. The standard InChI is InChI=1S/C10H16NS2/c1-8-9(2)13-10(12-8)11-6-4-3-5-7-11/h3-7H2,1-2H3/q+1. The van der Waals surface area contributed by atoms with E-state index in [1.165, 1.54) is 46.1 Å². The highest BCUT2D eigenvalue weighted by Gasteiger charge is 2.13. The Labute approximate surface area is 87.4 Å². The van der Waals surface area contributed by atoms with Crippen LogP contribution >= 0.6 is 22.7 Å². The summed E-state index contributed by atoms with van der Waals surface area (Å²) in [6.07, 6.45) is 4.18. The van der Waals surface area contributed by atoms with E-state index in [9.17, 15) is 0 Å². The van der Waals surface area contributed by atoms with E-state index in [1.807, 2.05) is 22.7 Å². The Morgan fingerprint density at radius 3 is 2.00 bits per heavy atom. The molecule has 0 spiro atoms. The lowest BCUT2D eigenvalue weighted by molar-refractivity contribution is 0.459. The smallest absolute Gasteiger partial charge is 0.212 e. The third kappa shape index (κ3) is 2.02. The third-order valence-electron chi connectivity index (χ3n) is 2.59. The van der Waals surface area contributed by atoms with Gasteiger partial charge in [0, 0.05) is 22.6 Å². The Kier molecular flexibility index (Phi) is 2.84. The Morgan fingerprint density at radius 2 is 1.46 bits per heavy atom. The van der Waals surface area contributed by atoms with Crippen molar-refractivity contribution in [3.63, 3.8) is 0 Å². The van der Waals surface area contributed by atoms with Crippen molar-refractivity contribution in [1.82, 2.24) is 4.58 Å². The fourth-order valence-electron chi connectivity index (χ4n) is 1.63. The molecule has 72 valence electrons. The van der Waals surface area contributed by atoms with Crippen LogP contribution in [0.25, 0.3) is 0 Å². The molecular formula is C10H16NS2+. The van der Waals surface area contributed by atoms with Gasteiger partial charge >= 0.3 is 3.98 Å². The lowest BCUT2D eigenvalue weighted by atomic mass is 10.2. The first kappa shape index (κ1) is 9.41. The highest BCUT2D eigenvalue weighted by atomic mass is 32.2. The van der Waals surface area contributed by atoms with Crippen molar-refractivity contribution in [1.29, 1.82) is 0 Å². The summed E-state index contributed by atoms with van der Waals surface area (Å²) in [4.78, 5) is 2.98. The Hall–Kier alpha value is -0.150. The molecule has 0 unspecified atom stereocenters. The minimum atomic E-state index is 1.27. The molecule has 1 aromatic heterocycles. The molecule has 0 aromatic carbocycles. The van der Waals surface area contributed by atoms with E-state index in [1.54, 1.807) is 0 Å². The molecule has 0 N–H and O–H groups in total. The summed E-state index contributed by atoms with van der Waals surface area (Å²) in [5, 5.41) is 0. The van der Waals surface area contributed by atoms with Gasteiger partial charge in [-0.05, 0) is 20.3 Å². The van der Waals surface area contributed by atoms with Gasteiger partial charge in [0.05, 0.1) is 0 Å². The molecule has 1 saturated heterocycles. The molecule has 3 heteroatoms. The molecule has 1 aromatic rings. The predicted molar refractivity (Wildman–Crippen MR) is 60.5 cm³/mol. The summed E-state index contributed by atoms with van der Waals surface area (Å²) in [5.74, 6) is 0. The number of aryl methyl sites for hydroxylation is 2. The van der Waals surface area contributed by atoms with Crippen LogP contribution in [0.2, 0.25) is 0 Å². The van der Waals surface area contributed by atoms with Crippen LogP contribution in [0.5, 0.6) is 0 Å². The van der Waals surface area contributed by atoms with Gasteiger partial charge in [0.25, 0.3) is 0 Å². The van der Waals surface area contributed by atoms with Crippen molar-refractivity contribution < 1.29 is 0 Å². The van der Waals surface area contributed by atoms with Gasteiger partial charge in [-0.25, -0.2) is 4.58 Å². The van der Waals surface area contributed by atoms with E-state index in [0.717, 1.165) is 0 Å². The van der Waals surface area contributed by atoms with Crippen molar-refractivity contribution in [2.24, 2.45) is 0 Å². The Morgan fingerprint density at radius 1 is 0.923 bits per heavy atom. The van der Waals surface area contributed by atoms with Gasteiger partial charge in [-0.15, -0.1) is 0 Å². The maximum atomic E-state index is 2.55. The number of piperidine rings is 1. The zero-order valence-corrected chi connectivity index (χ0v) is 9.93. The summed E-state index contributed by atoms with van der Waals surface area (Å²) in [6, 6.07) is 0. The molecule has 2 rings (SSSR count). The molecule has 1 aliphatic rings. The molecule has 0 bridgehead atoms. The maximum Gasteiger partial charge on any atom is 0.314 e. The Balaban J connectivity index is 2.40. The molecule has 0 amide bonds. The molecule has 0 aliphatic carbocycles. The first-order valence-corrected chi connectivity index (χ1v) is 6.56. The van der Waals surface area contributed by atoms with Crippen LogP contribution in [-0.4, -0.2) is 13.1 Å². The normalized spacial score (nSPS) is 17.8. The van der Waals surface area contributed by atoms with Crippen molar-refractivity contribution in [2.45, 2.75) is 33.1 Å². The molecule has 1 nitrogen and oxygen atoms in total. The number of hydrogen-bond donors (Lipinski definition) is 0. The topological polar surface area (TPSA) is 3.01 Å². The predicted octanol–water partition coefficient (Wildman–Crippen LogP) is 2.38. The van der Waals surface area contributed by atoms with Gasteiger partial charge in [0.2, 0.25) is 0 Å². The quantitative estimate of drug-likeness (QED) is 0.583.